The van der Waals surface area contributed by atoms with Gasteiger partial charge in [-0.15, -0.1) is 0 Å². The van der Waals surface area contributed by atoms with Crippen molar-refractivity contribution in [3.05, 3.63) is 22.2 Å². The van der Waals surface area contributed by atoms with E-state index in [1.165, 1.54) is 11.6 Å². The molecule has 0 amide bonds. The van der Waals surface area contributed by atoms with Gasteiger partial charge in [-0.05, 0) is 6.92 Å². The van der Waals surface area contributed by atoms with Crippen molar-refractivity contribution < 1.29 is 26.7 Å². The van der Waals surface area contributed by atoms with Crippen molar-refractivity contribution in [3.8, 4) is 5.88 Å². The molecular formula is C12H18F3N2O4PS. The highest BCUT2D eigenvalue weighted by atomic mass is 32.5. The van der Waals surface area contributed by atoms with E-state index in [1.807, 2.05) is 13.8 Å². The van der Waals surface area contributed by atoms with Crippen molar-refractivity contribution in [1.82, 2.24) is 9.55 Å². The molecule has 0 aliphatic heterocycles. The van der Waals surface area contributed by atoms with Crippen LogP contribution in [0.2, 0.25) is 0 Å². The molecule has 0 aliphatic carbocycles. The molecule has 0 spiro atoms. The second-order valence-corrected chi connectivity index (χ2v) is 7.78. The first-order valence-electron chi connectivity index (χ1n) is 6.71. The summed E-state index contributed by atoms with van der Waals surface area (Å²) >= 11 is 4.93. The molecule has 0 radical (unpaired) electrons. The highest BCUT2D eigenvalue weighted by Gasteiger charge is 2.34. The van der Waals surface area contributed by atoms with E-state index >= 15 is 0 Å². The van der Waals surface area contributed by atoms with E-state index in [4.69, 9.17) is 20.9 Å². The first-order valence-corrected chi connectivity index (χ1v) is 9.26. The summed E-state index contributed by atoms with van der Waals surface area (Å²) in [7, 11) is 1.53. The monoisotopic (exact) mass is 374 g/mol. The average molecular weight is 374 g/mol. The first kappa shape index (κ1) is 20.1. The average Bonchev–Trinajstić information content (AvgIpc) is 2.40. The Morgan fingerprint density at radius 3 is 2.48 bits per heavy atom. The standard InChI is InChI=1S/C12H18F3N2O4PS/c1-5-19-22(23,20-7-12(13,14)15)21-9-6-10(18)17(4)11(16-9)8(2)3/h6,8H,5,7H2,1-4H3. The quantitative estimate of drug-likeness (QED) is 0.684. The van der Waals surface area contributed by atoms with Gasteiger partial charge in [0.05, 0.1) is 12.7 Å². The second-order valence-electron chi connectivity index (χ2n) is 4.85. The van der Waals surface area contributed by atoms with E-state index in [0.717, 1.165) is 6.07 Å². The molecule has 1 unspecified atom stereocenters. The van der Waals surface area contributed by atoms with Crippen LogP contribution in [0.4, 0.5) is 13.2 Å². The summed E-state index contributed by atoms with van der Waals surface area (Å²) in [6.45, 7) is -0.168. The third-order valence-corrected chi connectivity index (χ3v) is 4.83. The molecule has 0 aliphatic rings. The summed E-state index contributed by atoms with van der Waals surface area (Å²) in [5, 5.41) is 0. The van der Waals surface area contributed by atoms with Gasteiger partial charge in [0.15, 0.2) is 6.61 Å². The van der Waals surface area contributed by atoms with Crippen molar-refractivity contribution in [3.63, 3.8) is 0 Å². The van der Waals surface area contributed by atoms with Crippen LogP contribution >= 0.6 is 6.72 Å². The van der Waals surface area contributed by atoms with Crippen LogP contribution in [-0.2, 0) is 27.9 Å². The molecule has 1 aromatic rings. The maximum atomic E-state index is 12.3. The summed E-state index contributed by atoms with van der Waals surface area (Å²) in [4.78, 5) is 16.0. The van der Waals surface area contributed by atoms with Gasteiger partial charge >= 0.3 is 12.9 Å². The fraction of sp³-hybridized carbons (Fsp3) is 0.667. The largest absolute Gasteiger partial charge is 0.412 e. The van der Waals surface area contributed by atoms with Crippen molar-refractivity contribution in [2.24, 2.45) is 7.05 Å². The summed E-state index contributed by atoms with van der Waals surface area (Å²) in [5.41, 5.74) is -0.424. The fourth-order valence-electron chi connectivity index (χ4n) is 1.61. The molecule has 0 fully saturated rings. The van der Waals surface area contributed by atoms with E-state index in [2.05, 4.69) is 9.51 Å². The molecule has 1 heterocycles. The van der Waals surface area contributed by atoms with Crippen LogP contribution in [0.1, 0.15) is 32.5 Å². The van der Waals surface area contributed by atoms with Crippen molar-refractivity contribution in [2.75, 3.05) is 13.2 Å². The van der Waals surface area contributed by atoms with Gasteiger partial charge in [-0.25, -0.2) is 0 Å². The van der Waals surface area contributed by atoms with Crippen molar-refractivity contribution in [2.45, 2.75) is 32.9 Å². The second kappa shape index (κ2) is 7.74. The van der Waals surface area contributed by atoms with Gasteiger partial charge in [-0.2, -0.15) is 18.2 Å². The lowest BCUT2D eigenvalue weighted by atomic mass is 10.2. The smallest absolute Gasteiger partial charge is 0.405 e. The van der Waals surface area contributed by atoms with Gasteiger partial charge in [0.1, 0.15) is 5.82 Å². The van der Waals surface area contributed by atoms with Crippen LogP contribution in [0, 0.1) is 0 Å². The minimum absolute atomic E-state index is 0.00296. The molecule has 6 nitrogen and oxygen atoms in total. The molecule has 1 rings (SSSR count). The van der Waals surface area contributed by atoms with Gasteiger partial charge in [0.25, 0.3) is 5.56 Å². The molecule has 23 heavy (non-hydrogen) atoms. The van der Waals surface area contributed by atoms with Gasteiger partial charge in [0, 0.05) is 24.8 Å². The maximum absolute atomic E-state index is 12.3. The Bertz CT molecular complexity index is 648. The minimum Gasteiger partial charge on any atom is -0.405 e. The van der Waals surface area contributed by atoms with Crippen LogP contribution in [0.15, 0.2) is 10.9 Å². The number of halogens is 3. The van der Waals surface area contributed by atoms with Gasteiger partial charge < -0.3 is 4.52 Å². The van der Waals surface area contributed by atoms with E-state index in [0.29, 0.717) is 5.82 Å². The molecule has 0 N–H and O–H groups in total. The minimum atomic E-state index is -4.58. The van der Waals surface area contributed by atoms with Crippen LogP contribution in [0.5, 0.6) is 5.88 Å². The van der Waals surface area contributed by atoms with Crippen LogP contribution in [0.3, 0.4) is 0 Å². The molecule has 0 saturated heterocycles. The van der Waals surface area contributed by atoms with Crippen LogP contribution in [-0.4, -0.2) is 28.9 Å². The fourth-order valence-corrected chi connectivity index (χ4v) is 3.44. The number of rotatable bonds is 7. The number of nitrogens with zero attached hydrogens (tertiary/aromatic N) is 2. The molecule has 132 valence electrons. The number of alkyl halides is 3. The topological polar surface area (TPSA) is 62.6 Å². The molecule has 11 heteroatoms. The Labute approximate surface area is 136 Å². The maximum Gasteiger partial charge on any atom is 0.412 e. The van der Waals surface area contributed by atoms with E-state index in [9.17, 15) is 18.0 Å². The lowest BCUT2D eigenvalue weighted by Crippen LogP contribution is -2.23. The predicted octanol–water partition coefficient (Wildman–Crippen LogP) is 3.12. The summed E-state index contributed by atoms with van der Waals surface area (Å²) in [6, 6.07) is 1.03. The highest BCUT2D eigenvalue weighted by molar-refractivity contribution is 8.07. The lowest BCUT2D eigenvalue weighted by Gasteiger charge is -2.22. The molecule has 0 aromatic carbocycles. The van der Waals surface area contributed by atoms with Gasteiger partial charge in [-0.3, -0.25) is 18.4 Å². The van der Waals surface area contributed by atoms with Crippen LogP contribution in [0.25, 0.3) is 0 Å². The van der Waals surface area contributed by atoms with Gasteiger partial charge in [0.2, 0.25) is 5.88 Å². The molecule has 1 atom stereocenters. The highest BCUT2D eigenvalue weighted by Crippen LogP contribution is 2.50. The molecule has 0 saturated carbocycles. The van der Waals surface area contributed by atoms with Gasteiger partial charge in [-0.1, -0.05) is 13.8 Å². The summed E-state index contributed by atoms with van der Waals surface area (Å²) in [5.74, 6) is 0.0921. The Kier molecular flexibility index (Phi) is 6.76. The van der Waals surface area contributed by atoms with Crippen molar-refractivity contribution >= 4 is 18.5 Å². The number of hydrogen-bond acceptors (Lipinski definition) is 6. The zero-order valence-electron chi connectivity index (χ0n) is 13.1. The number of aromatic nitrogens is 2. The van der Waals surface area contributed by atoms with E-state index in [-0.39, 0.29) is 18.4 Å². The summed E-state index contributed by atoms with van der Waals surface area (Å²) < 4.78 is 53.1. The van der Waals surface area contributed by atoms with E-state index in [1.54, 1.807) is 6.92 Å². The molecular weight excluding hydrogens is 356 g/mol. The third-order valence-electron chi connectivity index (χ3n) is 2.54. The zero-order valence-corrected chi connectivity index (χ0v) is 14.8. The zero-order chi connectivity index (χ0) is 17.8. The SMILES string of the molecule is CCOP(=S)(OCC(F)(F)F)Oc1cc(=O)n(C)c(C(C)C)n1. The Hall–Kier alpha value is -0.960. The Balaban J connectivity index is 3.09. The molecule has 0 bridgehead atoms. The first-order chi connectivity index (χ1) is 10.5. The van der Waals surface area contributed by atoms with Crippen LogP contribution < -0.4 is 10.1 Å². The Morgan fingerprint density at radius 2 is 2.00 bits per heavy atom. The molecule has 1 aromatic heterocycles. The van der Waals surface area contributed by atoms with E-state index < -0.39 is 25.1 Å². The normalized spacial score (nSPS) is 14.8. The predicted molar refractivity (Wildman–Crippen MR) is 82.1 cm³/mol. The third kappa shape index (κ3) is 6.21. The lowest BCUT2D eigenvalue weighted by molar-refractivity contribution is -0.155. The van der Waals surface area contributed by atoms with Crippen molar-refractivity contribution in [1.29, 1.82) is 0 Å². The Morgan fingerprint density at radius 1 is 1.39 bits per heavy atom. The number of hydrogen-bond donors (Lipinski definition) is 0. The summed E-state index contributed by atoms with van der Waals surface area (Å²) in [6.07, 6.45) is -4.58.